The van der Waals surface area contributed by atoms with E-state index in [1.54, 1.807) is 0 Å². The first-order valence-electron chi connectivity index (χ1n) is 12.8. The average Bonchev–Trinajstić information content (AvgIpc) is 3.30. The predicted octanol–water partition coefficient (Wildman–Crippen LogP) is 5.93. The Bertz CT molecular complexity index is 1310. The number of fused-ring (bicyclic) bond motifs is 3. The van der Waals surface area contributed by atoms with Gasteiger partial charge in [-0.15, -0.1) is 12.6 Å². The number of ether oxygens (including phenoxy) is 1. The molecule has 1 aliphatic carbocycles. The molecular formula is C30H34BNO4S. The second kappa shape index (κ2) is 9.53. The Labute approximate surface area is 225 Å². The number of alkyl carbamates (subject to hydrolysis) is 1. The second-order valence-corrected chi connectivity index (χ2v) is 11.4. The molecule has 0 aromatic heterocycles. The summed E-state index contributed by atoms with van der Waals surface area (Å²) < 4.78 is 18.3. The predicted molar refractivity (Wildman–Crippen MR) is 151 cm³/mol. The Morgan fingerprint density at radius 3 is 2.05 bits per heavy atom. The molecule has 0 saturated carbocycles. The largest absolute Gasteiger partial charge is 0.495 e. The normalized spacial score (nSPS) is 17.4. The summed E-state index contributed by atoms with van der Waals surface area (Å²) in [6.45, 7) is 12.8. The fourth-order valence-electron chi connectivity index (χ4n) is 5.19. The van der Waals surface area contributed by atoms with Crippen LogP contribution in [0.5, 0.6) is 0 Å². The van der Waals surface area contributed by atoms with Crippen LogP contribution in [0.4, 0.5) is 4.79 Å². The van der Waals surface area contributed by atoms with Crippen molar-refractivity contribution < 1.29 is 18.8 Å². The third-order valence-electron chi connectivity index (χ3n) is 8.23. The molecule has 1 heterocycles. The van der Waals surface area contributed by atoms with Gasteiger partial charge in [-0.05, 0) is 85.9 Å². The van der Waals surface area contributed by atoms with E-state index in [4.69, 9.17) is 26.7 Å². The van der Waals surface area contributed by atoms with Crippen LogP contribution in [0, 0.1) is 13.8 Å². The Hall–Kier alpha value is -2.74. The average molecular weight is 515 g/mol. The zero-order valence-corrected chi connectivity index (χ0v) is 23.2. The lowest BCUT2D eigenvalue weighted by atomic mass is 9.74. The van der Waals surface area contributed by atoms with E-state index >= 15 is 0 Å². The van der Waals surface area contributed by atoms with E-state index in [0.29, 0.717) is 6.54 Å². The number of carbonyl (C=O) groups is 1. The van der Waals surface area contributed by atoms with E-state index < -0.39 is 24.4 Å². The van der Waals surface area contributed by atoms with Gasteiger partial charge in [0, 0.05) is 17.4 Å². The lowest BCUT2D eigenvalue weighted by molar-refractivity contribution is 0.00578. The highest BCUT2D eigenvalue weighted by molar-refractivity contribution is 7.80. The Kier molecular flexibility index (Phi) is 6.67. The van der Waals surface area contributed by atoms with Gasteiger partial charge in [0.15, 0.2) is 0 Å². The van der Waals surface area contributed by atoms with Gasteiger partial charge in [0.2, 0.25) is 0 Å². The Morgan fingerprint density at radius 1 is 0.946 bits per heavy atom. The minimum atomic E-state index is -0.496. The second-order valence-electron chi connectivity index (χ2n) is 11.0. The molecule has 1 aliphatic heterocycles. The van der Waals surface area contributed by atoms with E-state index in [0.717, 1.165) is 27.0 Å². The summed E-state index contributed by atoms with van der Waals surface area (Å²) >= 11 is 4.77. The Balaban J connectivity index is 1.28. The summed E-state index contributed by atoms with van der Waals surface area (Å²) in [7, 11) is -0.496. The van der Waals surface area contributed by atoms with Crippen molar-refractivity contribution in [1.29, 1.82) is 0 Å². The van der Waals surface area contributed by atoms with Crippen LogP contribution in [0.15, 0.2) is 59.5 Å². The molecule has 0 spiro atoms. The summed E-state index contributed by atoms with van der Waals surface area (Å²) in [6.07, 6.45) is -0.445. The maximum atomic E-state index is 12.8. The number of benzene rings is 3. The Morgan fingerprint density at radius 2 is 1.49 bits per heavy atom. The molecule has 0 radical (unpaired) electrons. The van der Waals surface area contributed by atoms with Crippen LogP contribution in [-0.4, -0.2) is 31.0 Å². The van der Waals surface area contributed by atoms with Gasteiger partial charge in [0.25, 0.3) is 0 Å². The van der Waals surface area contributed by atoms with Gasteiger partial charge < -0.3 is 19.4 Å². The van der Waals surface area contributed by atoms with Crippen LogP contribution >= 0.6 is 12.6 Å². The summed E-state index contributed by atoms with van der Waals surface area (Å²) in [4.78, 5) is 13.6. The molecule has 0 bridgehead atoms. The van der Waals surface area contributed by atoms with Crippen molar-refractivity contribution in [3.63, 3.8) is 0 Å². The molecule has 5 rings (SSSR count). The molecule has 7 heteroatoms. The van der Waals surface area contributed by atoms with Crippen molar-refractivity contribution in [2.75, 3.05) is 6.61 Å². The number of rotatable bonds is 5. The van der Waals surface area contributed by atoms with E-state index in [2.05, 4.69) is 35.6 Å². The van der Waals surface area contributed by atoms with Gasteiger partial charge in [-0.1, -0.05) is 54.6 Å². The van der Waals surface area contributed by atoms with Gasteiger partial charge in [-0.25, -0.2) is 4.79 Å². The number of amides is 1. The van der Waals surface area contributed by atoms with Crippen molar-refractivity contribution in [2.45, 2.75) is 70.1 Å². The molecule has 5 nitrogen and oxygen atoms in total. The molecule has 1 N–H and O–H groups in total. The molecule has 1 saturated heterocycles. The highest BCUT2D eigenvalue weighted by atomic mass is 32.1. The molecule has 37 heavy (non-hydrogen) atoms. The summed E-state index contributed by atoms with van der Waals surface area (Å²) in [5, 5.41) is 2.93. The van der Waals surface area contributed by atoms with Gasteiger partial charge in [-0.3, -0.25) is 0 Å². The maximum absolute atomic E-state index is 12.8. The van der Waals surface area contributed by atoms with Crippen molar-refractivity contribution in [3.05, 3.63) is 82.4 Å². The highest BCUT2D eigenvalue weighted by Gasteiger charge is 2.52. The van der Waals surface area contributed by atoms with Crippen molar-refractivity contribution >= 4 is 31.3 Å². The zero-order chi connectivity index (χ0) is 26.5. The van der Waals surface area contributed by atoms with E-state index in [-0.39, 0.29) is 12.5 Å². The number of carbonyl (C=O) groups excluding carboxylic acids is 1. The maximum Gasteiger partial charge on any atom is 0.495 e. The topological polar surface area (TPSA) is 56.8 Å². The van der Waals surface area contributed by atoms with Gasteiger partial charge in [0.05, 0.1) is 11.2 Å². The first kappa shape index (κ1) is 25.9. The van der Waals surface area contributed by atoms with Crippen LogP contribution in [-0.2, 0) is 20.6 Å². The SMILES string of the molecule is Cc1c(CNC(=O)OCC2c3ccccc3-c3ccccc32)cc(B2OC(C)(C)C(C)(C)O2)c(C)c1S. The fraction of sp³-hybridized carbons (Fsp3) is 0.367. The van der Waals surface area contributed by atoms with Crippen LogP contribution in [0.2, 0.25) is 0 Å². The summed E-state index contributed by atoms with van der Waals surface area (Å²) in [5.74, 6) is 0.0262. The van der Waals surface area contributed by atoms with E-state index in [1.165, 1.54) is 22.3 Å². The van der Waals surface area contributed by atoms with Crippen LogP contribution in [0.25, 0.3) is 11.1 Å². The van der Waals surface area contributed by atoms with Gasteiger partial charge in [-0.2, -0.15) is 0 Å². The van der Waals surface area contributed by atoms with Crippen molar-refractivity contribution in [3.8, 4) is 11.1 Å². The number of hydrogen-bond acceptors (Lipinski definition) is 5. The summed E-state index contributed by atoms with van der Waals surface area (Å²) in [6, 6.07) is 18.7. The molecule has 3 aromatic rings. The first-order chi connectivity index (χ1) is 17.5. The third-order valence-corrected chi connectivity index (χ3v) is 8.90. The monoisotopic (exact) mass is 515 g/mol. The smallest absolute Gasteiger partial charge is 0.449 e. The lowest BCUT2D eigenvalue weighted by Crippen LogP contribution is -2.41. The van der Waals surface area contributed by atoms with Crippen LogP contribution in [0.3, 0.4) is 0 Å². The molecule has 1 amide bonds. The number of hydrogen-bond donors (Lipinski definition) is 2. The van der Waals surface area contributed by atoms with Crippen molar-refractivity contribution in [2.24, 2.45) is 0 Å². The van der Waals surface area contributed by atoms with Gasteiger partial charge >= 0.3 is 13.2 Å². The molecule has 3 aromatic carbocycles. The van der Waals surface area contributed by atoms with E-state index in [9.17, 15) is 4.79 Å². The van der Waals surface area contributed by atoms with Crippen LogP contribution in [0.1, 0.15) is 61.4 Å². The van der Waals surface area contributed by atoms with Crippen molar-refractivity contribution in [1.82, 2.24) is 5.32 Å². The zero-order valence-electron chi connectivity index (χ0n) is 22.3. The molecular weight excluding hydrogens is 481 g/mol. The fourth-order valence-corrected chi connectivity index (χ4v) is 5.46. The summed E-state index contributed by atoms with van der Waals surface area (Å²) in [5.41, 5.74) is 7.83. The van der Waals surface area contributed by atoms with E-state index in [1.807, 2.05) is 65.8 Å². The molecule has 2 aliphatic rings. The third kappa shape index (κ3) is 4.58. The van der Waals surface area contributed by atoms with Gasteiger partial charge in [0.1, 0.15) is 6.61 Å². The molecule has 0 atom stereocenters. The van der Waals surface area contributed by atoms with Crippen LogP contribution < -0.4 is 10.8 Å². The number of nitrogens with one attached hydrogen (secondary N) is 1. The lowest BCUT2D eigenvalue weighted by Gasteiger charge is -2.32. The minimum absolute atomic E-state index is 0.0262. The highest BCUT2D eigenvalue weighted by Crippen LogP contribution is 2.44. The number of thiol groups is 1. The molecule has 192 valence electrons. The molecule has 1 fully saturated rings. The molecule has 0 unspecified atom stereocenters. The first-order valence-corrected chi connectivity index (χ1v) is 13.2. The minimum Gasteiger partial charge on any atom is -0.449 e. The standard InChI is InChI=1S/C30H34BNO4S/c1-18-20(15-26(19(2)27(18)37)31-35-29(3,4)30(5,6)36-31)16-32-28(33)34-17-25-23-13-9-7-11-21(23)22-12-8-10-14-24(22)25/h7-15,25,37H,16-17H2,1-6H3,(H,32,33). The quantitative estimate of drug-likeness (QED) is 0.327.